The summed E-state index contributed by atoms with van der Waals surface area (Å²) >= 11 is 0. The second-order valence-electron chi connectivity index (χ2n) is 5.15. The van der Waals surface area contributed by atoms with Gasteiger partial charge in [0.1, 0.15) is 0 Å². The molecule has 0 fully saturated rings. The molecule has 0 bridgehead atoms. The van der Waals surface area contributed by atoms with Crippen molar-refractivity contribution in [3.63, 3.8) is 0 Å². The SMILES string of the molecule is CNCCc1ccc(S(=O)(=O)NC(C)C(C)C)cc1. The first-order valence-corrected chi connectivity index (χ1v) is 8.11. The van der Waals surface area contributed by atoms with Crippen LogP contribution < -0.4 is 10.0 Å². The molecule has 0 aromatic heterocycles. The first-order chi connectivity index (χ1) is 8.86. The summed E-state index contributed by atoms with van der Waals surface area (Å²) in [6, 6.07) is 6.99. The lowest BCUT2D eigenvalue weighted by molar-refractivity contribution is 0.476. The third kappa shape index (κ3) is 4.93. The van der Waals surface area contributed by atoms with Gasteiger partial charge in [0.05, 0.1) is 4.90 Å². The van der Waals surface area contributed by atoms with E-state index in [-0.39, 0.29) is 12.0 Å². The first kappa shape index (κ1) is 16.1. The second kappa shape index (κ2) is 7.03. The number of hydrogen-bond acceptors (Lipinski definition) is 3. The summed E-state index contributed by atoms with van der Waals surface area (Å²) in [5, 5.41) is 3.07. The average molecular weight is 284 g/mol. The highest BCUT2D eigenvalue weighted by Crippen LogP contribution is 2.13. The maximum atomic E-state index is 12.1. The fourth-order valence-corrected chi connectivity index (χ4v) is 2.95. The number of benzene rings is 1. The highest BCUT2D eigenvalue weighted by molar-refractivity contribution is 7.89. The van der Waals surface area contributed by atoms with Gasteiger partial charge in [-0.05, 0) is 50.6 Å². The molecule has 108 valence electrons. The van der Waals surface area contributed by atoms with Gasteiger partial charge in [-0.1, -0.05) is 26.0 Å². The van der Waals surface area contributed by atoms with Crippen LogP contribution in [-0.2, 0) is 16.4 Å². The Balaban J connectivity index is 2.79. The molecule has 4 nitrogen and oxygen atoms in total. The van der Waals surface area contributed by atoms with Gasteiger partial charge in [0.15, 0.2) is 0 Å². The van der Waals surface area contributed by atoms with Crippen LogP contribution in [0.4, 0.5) is 0 Å². The van der Waals surface area contributed by atoms with Crippen molar-refractivity contribution in [3.8, 4) is 0 Å². The quantitative estimate of drug-likeness (QED) is 0.802. The van der Waals surface area contributed by atoms with Crippen LogP contribution in [0.15, 0.2) is 29.2 Å². The third-order valence-electron chi connectivity index (χ3n) is 3.24. The minimum absolute atomic E-state index is 0.0750. The highest BCUT2D eigenvalue weighted by Gasteiger charge is 2.18. The largest absolute Gasteiger partial charge is 0.319 e. The average Bonchev–Trinajstić information content (AvgIpc) is 2.36. The molecule has 0 aliphatic heterocycles. The Kier molecular flexibility index (Phi) is 5.97. The molecule has 0 radical (unpaired) electrons. The second-order valence-corrected chi connectivity index (χ2v) is 6.87. The van der Waals surface area contributed by atoms with Crippen molar-refractivity contribution in [3.05, 3.63) is 29.8 Å². The predicted molar refractivity (Wildman–Crippen MR) is 78.7 cm³/mol. The molecule has 0 aliphatic carbocycles. The van der Waals surface area contributed by atoms with E-state index in [2.05, 4.69) is 10.0 Å². The Morgan fingerprint density at radius 3 is 2.16 bits per heavy atom. The molecule has 0 amide bonds. The van der Waals surface area contributed by atoms with Crippen molar-refractivity contribution in [2.45, 2.75) is 38.1 Å². The van der Waals surface area contributed by atoms with Gasteiger partial charge in [0.2, 0.25) is 10.0 Å². The van der Waals surface area contributed by atoms with Gasteiger partial charge in [-0.3, -0.25) is 0 Å². The monoisotopic (exact) mass is 284 g/mol. The van der Waals surface area contributed by atoms with Gasteiger partial charge < -0.3 is 5.32 Å². The summed E-state index contributed by atoms with van der Waals surface area (Å²) in [4.78, 5) is 0.327. The van der Waals surface area contributed by atoms with Crippen LogP contribution in [-0.4, -0.2) is 28.1 Å². The van der Waals surface area contributed by atoms with E-state index in [4.69, 9.17) is 0 Å². The van der Waals surface area contributed by atoms with E-state index in [1.54, 1.807) is 12.1 Å². The Hall–Kier alpha value is -0.910. The number of sulfonamides is 1. The molecule has 1 aromatic rings. The van der Waals surface area contributed by atoms with E-state index < -0.39 is 10.0 Å². The molecule has 0 saturated carbocycles. The molecule has 0 spiro atoms. The fourth-order valence-electron chi connectivity index (χ4n) is 1.55. The van der Waals surface area contributed by atoms with Crippen molar-refractivity contribution in [1.29, 1.82) is 0 Å². The van der Waals surface area contributed by atoms with Crippen molar-refractivity contribution in [2.75, 3.05) is 13.6 Å². The normalized spacial score (nSPS) is 13.7. The van der Waals surface area contributed by atoms with E-state index in [0.717, 1.165) is 18.5 Å². The summed E-state index contributed by atoms with van der Waals surface area (Å²) < 4.78 is 27.0. The molecular formula is C14H24N2O2S. The Morgan fingerprint density at radius 2 is 1.68 bits per heavy atom. The van der Waals surface area contributed by atoms with Crippen LogP contribution in [0.1, 0.15) is 26.3 Å². The number of nitrogens with one attached hydrogen (secondary N) is 2. The lowest BCUT2D eigenvalue weighted by Crippen LogP contribution is -2.36. The molecule has 0 heterocycles. The van der Waals surface area contributed by atoms with Crippen LogP contribution in [0, 0.1) is 5.92 Å². The van der Waals surface area contributed by atoms with Crippen LogP contribution in [0.2, 0.25) is 0 Å². The molecule has 1 rings (SSSR count). The van der Waals surface area contributed by atoms with Gasteiger partial charge >= 0.3 is 0 Å². The standard InChI is InChI=1S/C14H24N2O2S/c1-11(2)12(3)16-19(17,18)14-7-5-13(6-8-14)9-10-15-4/h5-8,11-12,15-16H,9-10H2,1-4H3. The van der Waals surface area contributed by atoms with E-state index >= 15 is 0 Å². The maximum absolute atomic E-state index is 12.1. The zero-order valence-corrected chi connectivity index (χ0v) is 12.9. The zero-order chi connectivity index (χ0) is 14.5. The van der Waals surface area contributed by atoms with E-state index in [0.29, 0.717) is 4.90 Å². The summed E-state index contributed by atoms with van der Waals surface area (Å²) in [6.45, 7) is 6.75. The number of likely N-dealkylation sites (N-methyl/N-ethyl adjacent to an activating group) is 1. The summed E-state index contributed by atoms with van der Waals surface area (Å²) in [5.41, 5.74) is 1.13. The number of rotatable bonds is 7. The lowest BCUT2D eigenvalue weighted by atomic mass is 10.1. The topological polar surface area (TPSA) is 58.2 Å². The van der Waals surface area contributed by atoms with E-state index in [1.807, 2.05) is 40.0 Å². The molecule has 1 unspecified atom stereocenters. The molecule has 0 saturated heterocycles. The molecular weight excluding hydrogens is 260 g/mol. The Morgan fingerprint density at radius 1 is 1.11 bits per heavy atom. The van der Waals surface area contributed by atoms with Gasteiger partial charge in [0.25, 0.3) is 0 Å². The molecule has 19 heavy (non-hydrogen) atoms. The molecule has 1 atom stereocenters. The van der Waals surface area contributed by atoms with Crippen molar-refractivity contribution in [2.24, 2.45) is 5.92 Å². The first-order valence-electron chi connectivity index (χ1n) is 6.62. The van der Waals surface area contributed by atoms with E-state index in [9.17, 15) is 8.42 Å². The minimum Gasteiger partial charge on any atom is -0.319 e. The summed E-state index contributed by atoms with van der Waals surface area (Å²) in [6.07, 6.45) is 0.895. The van der Waals surface area contributed by atoms with Gasteiger partial charge in [0, 0.05) is 6.04 Å². The van der Waals surface area contributed by atoms with Crippen LogP contribution >= 0.6 is 0 Å². The maximum Gasteiger partial charge on any atom is 0.240 e. The van der Waals surface area contributed by atoms with Crippen molar-refractivity contribution < 1.29 is 8.42 Å². The summed E-state index contributed by atoms with van der Waals surface area (Å²) in [7, 11) is -1.51. The van der Waals surface area contributed by atoms with Crippen LogP contribution in [0.5, 0.6) is 0 Å². The van der Waals surface area contributed by atoms with Gasteiger partial charge in [-0.2, -0.15) is 0 Å². The highest BCUT2D eigenvalue weighted by atomic mass is 32.2. The minimum atomic E-state index is -3.41. The summed E-state index contributed by atoms with van der Waals surface area (Å²) in [5.74, 6) is 0.268. The molecule has 5 heteroatoms. The fraction of sp³-hybridized carbons (Fsp3) is 0.571. The predicted octanol–water partition coefficient (Wildman–Crippen LogP) is 1.77. The van der Waals surface area contributed by atoms with Gasteiger partial charge in [-0.25, -0.2) is 13.1 Å². The zero-order valence-electron chi connectivity index (χ0n) is 12.1. The smallest absolute Gasteiger partial charge is 0.240 e. The lowest BCUT2D eigenvalue weighted by Gasteiger charge is -2.17. The van der Waals surface area contributed by atoms with Gasteiger partial charge in [-0.15, -0.1) is 0 Å². The molecule has 2 N–H and O–H groups in total. The molecule has 0 aliphatic rings. The third-order valence-corrected chi connectivity index (χ3v) is 4.81. The Bertz CT molecular complexity index is 481. The van der Waals surface area contributed by atoms with Crippen molar-refractivity contribution >= 4 is 10.0 Å². The van der Waals surface area contributed by atoms with E-state index in [1.165, 1.54) is 0 Å². The van der Waals surface area contributed by atoms with Crippen molar-refractivity contribution in [1.82, 2.24) is 10.0 Å². The van der Waals surface area contributed by atoms with Crippen LogP contribution in [0.3, 0.4) is 0 Å². The van der Waals surface area contributed by atoms with Crippen LogP contribution in [0.25, 0.3) is 0 Å². The molecule has 1 aromatic carbocycles. The Labute approximate surface area is 116 Å². The number of hydrogen-bond donors (Lipinski definition) is 2.